The van der Waals surface area contributed by atoms with Crippen LogP contribution in [0.5, 0.6) is 0 Å². The topological polar surface area (TPSA) is 83.8 Å². The fourth-order valence-electron chi connectivity index (χ4n) is 1.12. The van der Waals surface area contributed by atoms with E-state index in [2.05, 4.69) is 4.36 Å². The van der Waals surface area contributed by atoms with E-state index in [9.17, 15) is 13.2 Å². The molecule has 1 atom stereocenters. The van der Waals surface area contributed by atoms with Crippen molar-refractivity contribution in [3.63, 3.8) is 0 Å². The molecule has 100 valence electrons. The van der Waals surface area contributed by atoms with Gasteiger partial charge in [-0.3, -0.25) is 0 Å². The molecule has 0 aliphatic heterocycles. The summed E-state index contributed by atoms with van der Waals surface area (Å²) in [6, 6.07) is 10.9. The van der Waals surface area contributed by atoms with Crippen LogP contribution in [-0.4, -0.2) is 25.5 Å². The summed E-state index contributed by atoms with van der Waals surface area (Å²) in [5.41, 5.74) is 0. The summed E-state index contributed by atoms with van der Waals surface area (Å²) < 4.78 is 23.2. The number of nitrogens with zero attached hydrogens (tertiary/aromatic N) is 1. The predicted molar refractivity (Wildman–Crippen MR) is 68.7 cm³/mol. The molecule has 1 unspecified atom stereocenters. The maximum atomic E-state index is 10.4. The first-order valence-electron chi connectivity index (χ1n) is 5.46. The van der Waals surface area contributed by atoms with Crippen LogP contribution in [0.3, 0.4) is 0 Å². The second-order valence-corrected chi connectivity index (χ2v) is 4.61. The first-order valence-corrected chi connectivity index (χ1v) is 6.49. The molecule has 0 fully saturated rings. The Morgan fingerprint density at radius 3 is 1.72 bits per heavy atom. The molecule has 0 amide bonds. The zero-order valence-corrected chi connectivity index (χ0v) is 11.2. The fourth-order valence-corrected chi connectivity index (χ4v) is 1.51. The highest BCUT2D eigenvalue weighted by molar-refractivity contribution is 7.61. The second kappa shape index (κ2) is 9.35. The van der Waals surface area contributed by atoms with Crippen LogP contribution in [0.4, 0.5) is 0 Å². The molecule has 0 saturated carbocycles. The standard InChI is InChI=1S/C6H11NO4S.C6H6/c1-4(2)3-5(6(8)9)7-12(10)11;1-2-4-6-5-3-1/h4-5H,3H2,1-2H3,(H,8,9);1-6H. The normalized spacial score (nSPS) is 11.1. The maximum absolute atomic E-state index is 10.4. The number of hydrogen-bond acceptors (Lipinski definition) is 4. The highest BCUT2D eigenvalue weighted by Crippen LogP contribution is 2.07. The van der Waals surface area contributed by atoms with Crippen LogP contribution in [0, 0.1) is 5.92 Å². The minimum absolute atomic E-state index is 0.110. The Kier molecular flexibility index (Phi) is 8.47. The van der Waals surface area contributed by atoms with Crippen LogP contribution >= 0.6 is 0 Å². The van der Waals surface area contributed by atoms with E-state index in [0.717, 1.165) is 0 Å². The quantitative estimate of drug-likeness (QED) is 0.910. The molecule has 1 aromatic carbocycles. The van der Waals surface area contributed by atoms with Gasteiger partial charge in [0.25, 0.3) is 0 Å². The average molecular weight is 271 g/mol. The molecule has 6 heteroatoms. The van der Waals surface area contributed by atoms with Crippen molar-refractivity contribution in [3.05, 3.63) is 36.4 Å². The monoisotopic (exact) mass is 271 g/mol. The van der Waals surface area contributed by atoms with E-state index in [4.69, 9.17) is 5.11 Å². The van der Waals surface area contributed by atoms with Gasteiger partial charge >= 0.3 is 16.5 Å². The van der Waals surface area contributed by atoms with Gasteiger partial charge in [0.1, 0.15) is 0 Å². The minimum Gasteiger partial charge on any atom is -0.480 e. The van der Waals surface area contributed by atoms with Gasteiger partial charge < -0.3 is 5.11 Å². The lowest BCUT2D eigenvalue weighted by Crippen LogP contribution is -2.19. The van der Waals surface area contributed by atoms with Crippen molar-refractivity contribution in [1.29, 1.82) is 0 Å². The Morgan fingerprint density at radius 1 is 1.11 bits per heavy atom. The minimum atomic E-state index is -2.64. The van der Waals surface area contributed by atoms with E-state index in [0.29, 0.717) is 0 Å². The summed E-state index contributed by atoms with van der Waals surface area (Å²) in [4.78, 5) is 10.4. The van der Waals surface area contributed by atoms with E-state index >= 15 is 0 Å². The average Bonchev–Trinajstić information content (AvgIpc) is 2.30. The molecule has 1 rings (SSSR count). The van der Waals surface area contributed by atoms with E-state index in [1.165, 1.54) is 0 Å². The lowest BCUT2D eigenvalue weighted by Gasteiger charge is -2.06. The van der Waals surface area contributed by atoms with Crippen molar-refractivity contribution in [3.8, 4) is 0 Å². The van der Waals surface area contributed by atoms with E-state index < -0.39 is 22.5 Å². The summed E-state index contributed by atoms with van der Waals surface area (Å²) >= 11 is 0. The SMILES string of the molecule is CC(C)CC(N=S(=O)=O)C(=O)O.c1ccccc1. The van der Waals surface area contributed by atoms with Crippen LogP contribution in [0.15, 0.2) is 40.8 Å². The largest absolute Gasteiger partial charge is 0.480 e. The number of rotatable bonds is 4. The molecular formula is C12H17NO4S. The van der Waals surface area contributed by atoms with E-state index in [1.54, 1.807) is 13.8 Å². The van der Waals surface area contributed by atoms with Crippen molar-refractivity contribution in [1.82, 2.24) is 0 Å². The molecular weight excluding hydrogens is 254 g/mol. The van der Waals surface area contributed by atoms with Gasteiger partial charge in [-0.1, -0.05) is 50.2 Å². The first kappa shape index (κ1) is 16.3. The number of hydrogen-bond donors (Lipinski definition) is 1. The molecule has 0 aromatic heterocycles. The smallest absolute Gasteiger partial charge is 0.329 e. The van der Waals surface area contributed by atoms with E-state index in [1.807, 2.05) is 36.4 Å². The number of aliphatic carboxylic acids is 1. The van der Waals surface area contributed by atoms with Gasteiger partial charge in [0.05, 0.1) is 0 Å². The summed E-state index contributed by atoms with van der Waals surface area (Å²) in [5.74, 6) is -1.09. The first-order chi connectivity index (χ1) is 8.43. The van der Waals surface area contributed by atoms with E-state index in [-0.39, 0.29) is 12.3 Å². The lowest BCUT2D eigenvalue weighted by molar-refractivity contribution is -0.138. The highest BCUT2D eigenvalue weighted by Gasteiger charge is 2.17. The fraction of sp³-hybridized carbons (Fsp3) is 0.417. The summed E-state index contributed by atoms with van der Waals surface area (Å²) in [6.07, 6.45) is 0.239. The van der Waals surface area contributed by atoms with Crippen molar-refractivity contribution in [2.45, 2.75) is 26.3 Å². The Labute approximate surface area is 108 Å². The van der Waals surface area contributed by atoms with Gasteiger partial charge in [0.15, 0.2) is 6.04 Å². The predicted octanol–water partition coefficient (Wildman–Crippen LogP) is 2.24. The molecule has 0 radical (unpaired) electrons. The van der Waals surface area contributed by atoms with Crippen molar-refractivity contribution in [2.75, 3.05) is 0 Å². The van der Waals surface area contributed by atoms with Crippen LogP contribution in [0.2, 0.25) is 0 Å². The zero-order valence-electron chi connectivity index (χ0n) is 10.4. The molecule has 0 aliphatic carbocycles. The van der Waals surface area contributed by atoms with Crippen LogP contribution < -0.4 is 0 Å². The molecule has 1 N–H and O–H groups in total. The molecule has 0 aliphatic rings. The summed E-state index contributed by atoms with van der Waals surface area (Å²) in [6.45, 7) is 3.61. The van der Waals surface area contributed by atoms with Crippen LogP contribution in [0.25, 0.3) is 0 Å². The van der Waals surface area contributed by atoms with Crippen LogP contribution in [0.1, 0.15) is 20.3 Å². The van der Waals surface area contributed by atoms with Crippen molar-refractivity contribution >= 4 is 16.5 Å². The molecule has 0 heterocycles. The highest BCUT2D eigenvalue weighted by atomic mass is 32.2. The van der Waals surface area contributed by atoms with Crippen LogP contribution in [-0.2, 0) is 15.3 Å². The molecule has 0 saturated heterocycles. The number of carboxylic acids is 1. The van der Waals surface area contributed by atoms with Gasteiger partial charge in [-0.2, -0.15) is 12.8 Å². The lowest BCUT2D eigenvalue weighted by atomic mass is 10.1. The van der Waals surface area contributed by atoms with Gasteiger partial charge in [-0.25, -0.2) is 4.79 Å². The number of carbonyl (C=O) groups is 1. The summed E-state index contributed by atoms with van der Waals surface area (Å²) in [7, 11) is -2.64. The second-order valence-electron chi connectivity index (χ2n) is 3.96. The van der Waals surface area contributed by atoms with Gasteiger partial charge in [-0.05, 0) is 12.3 Å². The molecule has 0 spiro atoms. The van der Waals surface area contributed by atoms with Gasteiger partial charge in [0, 0.05) is 0 Å². The molecule has 18 heavy (non-hydrogen) atoms. The van der Waals surface area contributed by atoms with Gasteiger partial charge in [-0.15, -0.1) is 0 Å². The Hall–Kier alpha value is -1.69. The number of benzene rings is 1. The third-order valence-corrected chi connectivity index (χ3v) is 2.29. The van der Waals surface area contributed by atoms with Crippen molar-refractivity contribution in [2.24, 2.45) is 10.3 Å². The molecule has 0 bridgehead atoms. The Morgan fingerprint density at radius 2 is 1.50 bits per heavy atom. The Balaban J connectivity index is 0.000000397. The third kappa shape index (κ3) is 9.53. The Bertz CT molecular complexity index is 433. The maximum Gasteiger partial charge on any atom is 0.329 e. The summed E-state index contributed by atoms with van der Waals surface area (Å²) in [5, 5.41) is 8.50. The van der Waals surface area contributed by atoms with Crippen molar-refractivity contribution < 1.29 is 18.3 Å². The molecule has 1 aromatic rings. The third-order valence-electron chi connectivity index (χ3n) is 1.86. The number of carboxylic acid groups (broad SMARTS) is 1. The zero-order chi connectivity index (χ0) is 14.0. The molecule has 5 nitrogen and oxygen atoms in total. The van der Waals surface area contributed by atoms with Gasteiger partial charge in [0.2, 0.25) is 0 Å².